The Balaban J connectivity index is 2.38. The summed E-state index contributed by atoms with van der Waals surface area (Å²) >= 11 is 1.19. The van der Waals surface area contributed by atoms with Crippen LogP contribution in [0.15, 0.2) is 33.9 Å². The highest BCUT2D eigenvalue weighted by atomic mass is 32.2. The summed E-state index contributed by atoms with van der Waals surface area (Å²) in [7, 11) is -1.91. The average molecular weight is 297 g/mol. The molecule has 0 aliphatic carbocycles. The monoisotopic (exact) mass is 297 g/mol. The first-order valence-corrected chi connectivity index (χ1v) is 8.02. The first-order chi connectivity index (χ1) is 8.95. The van der Waals surface area contributed by atoms with Gasteiger partial charge in [-0.2, -0.15) is 0 Å². The van der Waals surface area contributed by atoms with Crippen LogP contribution in [0.1, 0.15) is 11.1 Å². The molecule has 1 aromatic carbocycles. The number of hydrogen-bond donors (Lipinski definition) is 1. The Morgan fingerprint density at radius 1 is 1.16 bits per heavy atom. The Morgan fingerprint density at radius 3 is 2.47 bits per heavy atom. The van der Waals surface area contributed by atoms with E-state index in [0.29, 0.717) is 9.90 Å². The van der Waals surface area contributed by atoms with Crippen LogP contribution >= 0.6 is 11.3 Å². The molecule has 1 N–H and O–H groups in total. The van der Waals surface area contributed by atoms with Crippen LogP contribution in [-0.4, -0.2) is 15.5 Å². The lowest BCUT2D eigenvalue weighted by Gasteiger charge is -2.13. The number of rotatable bonds is 4. The minimum atomic E-state index is -3.50. The summed E-state index contributed by atoms with van der Waals surface area (Å²) in [6, 6.07) is 6.77. The van der Waals surface area contributed by atoms with Crippen molar-refractivity contribution in [2.75, 3.05) is 11.8 Å². The van der Waals surface area contributed by atoms with Crippen molar-refractivity contribution in [1.29, 1.82) is 0 Å². The molecular weight excluding hydrogens is 282 g/mol. The SMILES string of the molecule is COc1ccc(NS(=O)(=O)c2cccs2)c(C)c1C. The van der Waals surface area contributed by atoms with Gasteiger partial charge in [-0.05, 0) is 48.6 Å². The van der Waals surface area contributed by atoms with E-state index in [0.717, 1.165) is 16.9 Å². The van der Waals surface area contributed by atoms with E-state index < -0.39 is 10.0 Å². The molecule has 1 heterocycles. The highest BCUT2D eigenvalue weighted by Crippen LogP contribution is 2.29. The zero-order valence-corrected chi connectivity index (χ0v) is 12.6. The third kappa shape index (κ3) is 2.74. The molecule has 0 unspecified atom stereocenters. The van der Waals surface area contributed by atoms with Crippen molar-refractivity contribution in [3.05, 3.63) is 40.8 Å². The normalized spacial score (nSPS) is 11.3. The van der Waals surface area contributed by atoms with E-state index in [9.17, 15) is 8.42 Å². The summed E-state index contributed by atoms with van der Waals surface area (Å²) in [5, 5.41) is 1.74. The molecule has 0 aliphatic rings. The quantitative estimate of drug-likeness (QED) is 0.943. The lowest BCUT2D eigenvalue weighted by molar-refractivity contribution is 0.411. The standard InChI is InChI=1S/C13H15NO3S2/c1-9-10(2)12(17-3)7-6-11(9)14-19(15,16)13-5-4-8-18-13/h4-8,14H,1-3H3. The maximum absolute atomic E-state index is 12.1. The second-order valence-electron chi connectivity index (χ2n) is 4.10. The predicted molar refractivity (Wildman–Crippen MR) is 77.6 cm³/mol. The van der Waals surface area contributed by atoms with Gasteiger partial charge in [0.15, 0.2) is 0 Å². The Kier molecular flexibility index (Phi) is 3.82. The number of benzene rings is 1. The second-order valence-corrected chi connectivity index (χ2v) is 6.96. The van der Waals surface area contributed by atoms with Crippen molar-refractivity contribution in [2.24, 2.45) is 0 Å². The van der Waals surface area contributed by atoms with Crippen molar-refractivity contribution in [3.63, 3.8) is 0 Å². The van der Waals surface area contributed by atoms with E-state index in [1.807, 2.05) is 13.8 Å². The summed E-state index contributed by atoms with van der Waals surface area (Å²) in [6.45, 7) is 3.77. The molecule has 1 aromatic heterocycles. The minimum absolute atomic E-state index is 0.306. The summed E-state index contributed by atoms with van der Waals surface area (Å²) in [5.74, 6) is 0.747. The summed E-state index contributed by atoms with van der Waals surface area (Å²) in [4.78, 5) is 0. The second kappa shape index (κ2) is 5.22. The van der Waals surface area contributed by atoms with Gasteiger partial charge in [-0.3, -0.25) is 4.72 Å². The van der Waals surface area contributed by atoms with Gasteiger partial charge in [0.25, 0.3) is 10.0 Å². The van der Waals surface area contributed by atoms with Gasteiger partial charge in [-0.15, -0.1) is 11.3 Å². The lowest BCUT2D eigenvalue weighted by atomic mass is 10.1. The van der Waals surface area contributed by atoms with Gasteiger partial charge in [-0.25, -0.2) is 8.42 Å². The number of thiophene rings is 1. The number of methoxy groups -OCH3 is 1. The molecule has 0 saturated heterocycles. The van der Waals surface area contributed by atoms with Crippen LogP contribution in [0.5, 0.6) is 5.75 Å². The van der Waals surface area contributed by atoms with Crippen molar-refractivity contribution in [3.8, 4) is 5.75 Å². The van der Waals surface area contributed by atoms with Gasteiger partial charge in [0.05, 0.1) is 12.8 Å². The largest absolute Gasteiger partial charge is 0.496 e. The van der Waals surface area contributed by atoms with E-state index in [1.54, 1.807) is 36.8 Å². The summed E-state index contributed by atoms with van der Waals surface area (Å²) in [5.41, 5.74) is 2.36. The average Bonchev–Trinajstić information content (AvgIpc) is 2.90. The van der Waals surface area contributed by atoms with E-state index in [-0.39, 0.29) is 0 Å². The Morgan fingerprint density at radius 2 is 1.89 bits per heavy atom. The molecule has 4 nitrogen and oxygen atoms in total. The molecule has 2 aromatic rings. The lowest BCUT2D eigenvalue weighted by Crippen LogP contribution is -2.12. The van der Waals surface area contributed by atoms with Crippen molar-refractivity contribution >= 4 is 27.0 Å². The number of sulfonamides is 1. The highest BCUT2D eigenvalue weighted by Gasteiger charge is 2.17. The van der Waals surface area contributed by atoms with E-state index in [1.165, 1.54) is 11.3 Å². The van der Waals surface area contributed by atoms with Crippen LogP contribution in [0.25, 0.3) is 0 Å². The fourth-order valence-corrected chi connectivity index (χ4v) is 3.85. The number of ether oxygens (including phenoxy) is 1. The van der Waals surface area contributed by atoms with E-state index in [2.05, 4.69) is 4.72 Å². The fraction of sp³-hybridized carbons (Fsp3) is 0.231. The molecule has 0 spiro atoms. The molecule has 19 heavy (non-hydrogen) atoms. The smallest absolute Gasteiger partial charge is 0.271 e. The van der Waals surface area contributed by atoms with Crippen LogP contribution in [0.2, 0.25) is 0 Å². The zero-order valence-electron chi connectivity index (χ0n) is 10.9. The molecule has 0 bridgehead atoms. The third-order valence-electron chi connectivity index (χ3n) is 2.96. The molecule has 0 atom stereocenters. The first kappa shape index (κ1) is 13.9. The van der Waals surface area contributed by atoms with Gasteiger partial charge in [0.2, 0.25) is 0 Å². The van der Waals surface area contributed by atoms with Crippen molar-refractivity contribution in [2.45, 2.75) is 18.1 Å². The van der Waals surface area contributed by atoms with Gasteiger partial charge in [0.1, 0.15) is 9.96 Å². The Bertz CT molecular complexity index is 676. The molecule has 0 aliphatic heterocycles. The van der Waals surface area contributed by atoms with Gasteiger partial charge >= 0.3 is 0 Å². The topological polar surface area (TPSA) is 55.4 Å². The summed E-state index contributed by atoms with van der Waals surface area (Å²) in [6.07, 6.45) is 0. The summed E-state index contributed by atoms with van der Waals surface area (Å²) < 4.78 is 32.4. The predicted octanol–water partition coefficient (Wildman–Crippen LogP) is 3.17. The number of anilines is 1. The maximum Gasteiger partial charge on any atom is 0.271 e. The van der Waals surface area contributed by atoms with Crippen LogP contribution in [-0.2, 0) is 10.0 Å². The highest BCUT2D eigenvalue weighted by molar-refractivity contribution is 7.94. The van der Waals surface area contributed by atoms with Gasteiger partial charge in [-0.1, -0.05) is 6.07 Å². The van der Waals surface area contributed by atoms with E-state index >= 15 is 0 Å². The molecule has 0 radical (unpaired) electrons. The fourth-order valence-electron chi connectivity index (χ4n) is 1.74. The Labute approximate surface area is 117 Å². The number of hydrogen-bond acceptors (Lipinski definition) is 4. The van der Waals surface area contributed by atoms with Gasteiger partial charge in [0, 0.05) is 0 Å². The third-order valence-corrected chi connectivity index (χ3v) is 5.72. The zero-order chi connectivity index (χ0) is 14.0. The van der Waals surface area contributed by atoms with Crippen molar-refractivity contribution in [1.82, 2.24) is 0 Å². The molecular formula is C13H15NO3S2. The molecule has 102 valence electrons. The van der Waals surface area contributed by atoms with Crippen LogP contribution in [0.3, 0.4) is 0 Å². The molecule has 2 rings (SSSR count). The molecule has 0 amide bonds. The first-order valence-electron chi connectivity index (χ1n) is 5.66. The number of nitrogens with one attached hydrogen (secondary N) is 1. The molecule has 0 fully saturated rings. The Hall–Kier alpha value is -1.53. The van der Waals surface area contributed by atoms with Crippen LogP contribution in [0, 0.1) is 13.8 Å². The molecule has 6 heteroatoms. The van der Waals surface area contributed by atoms with E-state index in [4.69, 9.17) is 4.74 Å². The van der Waals surface area contributed by atoms with Gasteiger partial charge < -0.3 is 4.74 Å². The molecule has 0 saturated carbocycles. The van der Waals surface area contributed by atoms with Crippen LogP contribution in [0.4, 0.5) is 5.69 Å². The maximum atomic E-state index is 12.1. The van der Waals surface area contributed by atoms with Crippen molar-refractivity contribution < 1.29 is 13.2 Å². The van der Waals surface area contributed by atoms with Crippen LogP contribution < -0.4 is 9.46 Å². The minimum Gasteiger partial charge on any atom is -0.496 e.